The van der Waals surface area contributed by atoms with Crippen molar-refractivity contribution in [3.63, 3.8) is 0 Å². The fourth-order valence-electron chi connectivity index (χ4n) is 1.78. The number of carbonyl (C=O) groups is 1. The third-order valence-corrected chi connectivity index (χ3v) is 3.62. The standard InChI is InChI=1S/C13H7Cl2N3O6/c14-9-2-1-6(3-10(9)15)16-13(20)8-4-7(17(21)22)5-11(12(8)19)18(23)24/h1-5,19H,(H,16,20)/p-1. The third-order valence-electron chi connectivity index (χ3n) is 2.88. The first-order valence-electron chi connectivity index (χ1n) is 6.11. The summed E-state index contributed by atoms with van der Waals surface area (Å²) in [5, 5.41) is 36.2. The molecule has 0 spiro atoms. The Kier molecular flexibility index (Phi) is 4.86. The van der Waals surface area contributed by atoms with E-state index >= 15 is 0 Å². The van der Waals surface area contributed by atoms with Crippen molar-refractivity contribution in [1.82, 2.24) is 0 Å². The molecule has 2 rings (SSSR count). The number of halogens is 2. The lowest BCUT2D eigenvalue weighted by atomic mass is 10.1. The third kappa shape index (κ3) is 3.53. The SMILES string of the molecule is O=C(Nc1ccc(Cl)c(Cl)c1)c1cc([N+](=O)[O-])cc([N+](=O)[O-])c1[O-]. The van der Waals surface area contributed by atoms with E-state index in [1.54, 1.807) is 0 Å². The zero-order chi connectivity index (χ0) is 18.0. The van der Waals surface area contributed by atoms with Crippen LogP contribution in [0.2, 0.25) is 10.0 Å². The number of nitro benzene ring substituents is 2. The van der Waals surface area contributed by atoms with Crippen LogP contribution in [0, 0.1) is 20.2 Å². The van der Waals surface area contributed by atoms with Crippen LogP contribution >= 0.6 is 23.2 Å². The predicted molar refractivity (Wildman–Crippen MR) is 83.6 cm³/mol. The Morgan fingerprint density at radius 1 is 1.00 bits per heavy atom. The molecular formula is C13H6Cl2N3O6-. The van der Waals surface area contributed by atoms with Crippen molar-refractivity contribution in [1.29, 1.82) is 0 Å². The van der Waals surface area contributed by atoms with E-state index in [2.05, 4.69) is 5.32 Å². The van der Waals surface area contributed by atoms with Crippen LogP contribution in [0.5, 0.6) is 5.75 Å². The average molecular weight is 371 g/mol. The first-order valence-corrected chi connectivity index (χ1v) is 6.86. The normalized spacial score (nSPS) is 10.2. The first kappa shape index (κ1) is 17.4. The summed E-state index contributed by atoms with van der Waals surface area (Å²) in [6.07, 6.45) is 0. The van der Waals surface area contributed by atoms with Gasteiger partial charge in [0.1, 0.15) is 0 Å². The van der Waals surface area contributed by atoms with Crippen molar-refractivity contribution >= 4 is 46.2 Å². The van der Waals surface area contributed by atoms with Gasteiger partial charge in [-0.3, -0.25) is 25.0 Å². The van der Waals surface area contributed by atoms with E-state index in [0.29, 0.717) is 12.1 Å². The number of non-ortho nitro benzene ring substituents is 1. The number of nitrogens with one attached hydrogen (secondary N) is 1. The molecular weight excluding hydrogens is 365 g/mol. The van der Waals surface area contributed by atoms with E-state index in [0.717, 1.165) is 0 Å². The fraction of sp³-hybridized carbons (Fsp3) is 0. The van der Waals surface area contributed by atoms with Crippen LogP contribution in [0.1, 0.15) is 10.4 Å². The summed E-state index contributed by atoms with van der Waals surface area (Å²) in [4.78, 5) is 31.8. The van der Waals surface area contributed by atoms with Gasteiger partial charge in [0.05, 0.1) is 26.0 Å². The second-order valence-electron chi connectivity index (χ2n) is 4.44. The molecule has 0 saturated carbocycles. The highest BCUT2D eigenvalue weighted by molar-refractivity contribution is 6.42. The second-order valence-corrected chi connectivity index (χ2v) is 5.25. The molecule has 0 aromatic heterocycles. The number of carbonyl (C=O) groups excluding carboxylic acids is 1. The second kappa shape index (κ2) is 6.69. The average Bonchev–Trinajstić information content (AvgIpc) is 2.50. The van der Waals surface area contributed by atoms with Crippen LogP contribution in [0.15, 0.2) is 30.3 Å². The van der Waals surface area contributed by atoms with Gasteiger partial charge in [-0.15, -0.1) is 0 Å². The van der Waals surface area contributed by atoms with Crippen molar-refractivity contribution in [2.45, 2.75) is 0 Å². The molecule has 2 aromatic carbocycles. The van der Waals surface area contributed by atoms with E-state index in [-0.39, 0.29) is 15.7 Å². The number of hydrogen-bond acceptors (Lipinski definition) is 6. The number of hydrogen-bond donors (Lipinski definition) is 1. The molecule has 1 N–H and O–H groups in total. The largest absolute Gasteiger partial charge is 0.867 e. The highest BCUT2D eigenvalue weighted by Gasteiger charge is 2.22. The molecule has 2 aromatic rings. The summed E-state index contributed by atoms with van der Waals surface area (Å²) in [5.74, 6) is -2.28. The van der Waals surface area contributed by atoms with Crippen LogP contribution in [-0.4, -0.2) is 15.8 Å². The Labute approximate surface area is 143 Å². The van der Waals surface area contributed by atoms with E-state index in [9.17, 15) is 30.1 Å². The monoisotopic (exact) mass is 370 g/mol. The maximum absolute atomic E-state index is 12.1. The van der Waals surface area contributed by atoms with Gasteiger partial charge < -0.3 is 10.4 Å². The van der Waals surface area contributed by atoms with Crippen molar-refractivity contribution in [3.8, 4) is 5.75 Å². The molecule has 24 heavy (non-hydrogen) atoms. The van der Waals surface area contributed by atoms with Crippen molar-refractivity contribution in [2.75, 3.05) is 5.32 Å². The molecule has 124 valence electrons. The lowest BCUT2D eigenvalue weighted by Gasteiger charge is -2.13. The topological polar surface area (TPSA) is 138 Å². The number of amides is 1. The molecule has 9 nitrogen and oxygen atoms in total. The minimum atomic E-state index is -1.23. The Bertz CT molecular complexity index is 871. The summed E-state index contributed by atoms with van der Waals surface area (Å²) in [5.41, 5.74) is -2.39. The van der Waals surface area contributed by atoms with Gasteiger partial charge in [-0.25, -0.2) is 0 Å². The van der Waals surface area contributed by atoms with Crippen molar-refractivity contribution in [3.05, 3.63) is 66.2 Å². The Hall–Kier alpha value is -2.91. The molecule has 1 amide bonds. The number of nitro groups is 2. The van der Waals surface area contributed by atoms with Gasteiger partial charge in [0.25, 0.3) is 17.3 Å². The van der Waals surface area contributed by atoms with E-state index < -0.39 is 38.4 Å². The molecule has 0 radical (unpaired) electrons. The Balaban J connectivity index is 2.46. The van der Waals surface area contributed by atoms with Crippen LogP contribution in [0.3, 0.4) is 0 Å². The molecule has 0 aliphatic carbocycles. The maximum Gasteiger partial charge on any atom is 0.277 e. The molecule has 0 saturated heterocycles. The highest BCUT2D eigenvalue weighted by atomic mass is 35.5. The van der Waals surface area contributed by atoms with E-state index in [4.69, 9.17) is 23.2 Å². The molecule has 0 atom stereocenters. The van der Waals surface area contributed by atoms with Gasteiger partial charge in [0.15, 0.2) is 0 Å². The fourth-order valence-corrected chi connectivity index (χ4v) is 2.08. The zero-order valence-electron chi connectivity index (χ0n) is 11.5. The summed E-state index contributed by atoms with van der Waals surface area (Å²) in [6, 6.07) is 5.22. The molecule has 0 bridgehead atoms. The minimum absolute atomic E-state index is 0.127. The molecule has 0 heterocycles. The van der Waals surface area contributed by atoms with Crippen LogP contribution in [-0.2, 0) is 0 Å². The minimum Gasteiger partial charge on any atom is -0.867 e. The number of nitrogens with zero attached hydrogens (tertiary/aromatic N) is 2. The molecule has 11 heteroatoms. The van der Waals surface area contributed by atoms with E-state index in [1.807, 2.05) is 0 Å². The summed E-state index contributed by atoms with van der Waals surface area (Å²) >= 11 is 11.5. The summed E-state index contributed by atoms with van der Waals surface area (Å²) in [7, 11) is 0. The quantitative estimate of drug-likeness (QED) is 0.647. The van der Waals surface area contributed by atoms with E-state index in [1.165, 1.54) is 18.2 Å². The Morgan fingerprint density at radius 3 is 2.21 bits per heavy atom. The highest BCUT2D eigenvalue weighted by Crippen LogP contribution is 2.33. The number of anilines is 1. The lowest BCUT2D eigenvalue weighted by molar-refractivity contribution is -0.403. The van der Waals surface area contributed by atoms with Crippen LogP contribution in [0.4, 0.5) is 17.1 Å². The van der Waals surface area contributed by atoms with Crippen molar-refractivity contribution in [2.24, 2.45) is 0 Å². The number of rotatable bonds is 4. The smallest absolute Gasteiger partial charge is 0.277 e. The molecule has 0 unspecified atom stereocenters. The van der Waals surface area contributed by atoms with Crippen LogP contribution in [0.25, 0.3) is 0 Å². The van der Waals surface area contributed by atoms with Gasteiger partial charge >= 0.3 is 0 Å². The van der Waals surface area contributed by atoms with Gasteiger partial charge in [0.2, 0.25) is 0 Å². The Morgan fingerprint density at radius 2 is 1.67 bits per heavy atom. The van der Waals surface area contributed by atoms with Gasteiger partial charge in [-0.05, 0) is 23.9 Å². The maximum atomic E-state index is 12.1. The summed E-state index contributed by atoms with van der Waals surface area (Å²) in [6.45, 7) is 0. The molecule has 0 aliphatic rings. The predicted octanol–water partition coefficient (Wildman–Crippen LogP) is 3.14. The van der Waals surface area contributed by atoms with Gasteiger partial charge in [-0.2, -0.15) is 0 Å². The van der Waals surface area contributed by atoms with Crippen LogP contribution < -0.4 is 10.4 Å². The lowest BCUT2D eigenvalue weighted by Crippen LogP contribution is -2.16. The zero-order valence-corrected chi connectivity index (χ0v) is 13.0. The van der Waals surface area contributed by atoms with Crippen molar-refractivity contribution < 1.29 is 19.7 Å². The van der Waals surface area contributed by atoms with Gasteiger partial charge in [-0.1, -0.05) is 23.2 Å². The molecule has 0 fully saturated rings. The number of benzene rings is 2. The molecule has 0 aliphatic heterocycles. The first-order chi connectivity index (χ1) is 11.2. The summed E-state index contributed by atoms with van der Waals surface area (Å²) < 4.78 is 0. The van der Waals surface area contributed by atoms with Gasteiger partial charge in [0, 0.05) is 17.3 Å².